The highest BCUT2D eigenvalue weighted by molar-refractivity contribution is 7.15. The van der Waals surface area contributed by atoms with Gasteiger partial charge in [-0.05, 0) is 19.9 Å². The standard InChI is InChI=1S/C8H13ClN2OS/c1-6(12)2-3-10-5-8-11-4-7(9)13-8/h4,6,10,12H,2-3,5H2,1H3. The molecule has 0 fully saturated rings. The van der Waals surface area contributed by atoms with Gasteiger partial charge in [0.1, 0.15) is 9.34 Å². The number of halogens is 1. The fraction of sp³-hybridized carbons (Fsp3) is 0.625. The second-order valence-corrected chi connectivity index (χ2v) is 4.62. The molecule has 13 heavy (non-hydrogen) atoms. The van der Waals surface area contributed by atoms with Crippen LogP contribution in [0.3, 0.4) is 0 Å². The summed E-state index contributed by atoms with van der Waals surface area (Å²) < 4.78 is 0.715. The number of aromatic nitrogens is 1. The fourth-order valence-corrected chi connectivity index (χ4v) is 1.80. The van der Waals surface area contributed by atoms with E-state index >= 15 is 0 Å². The number of aliphatic hydroxyl groups excluding tert-OH is 1. The van der Waals surface area contributed by atoms with Crippen LogP contribution in [0.25, 0.3) is 0 Å². The maximum Gasteiger partial charge on any atom is 0.113 e. The van der Waals surface area contributed by atoms with Crippen LogP contribution < -0.4 is 5.32 Å². The number of nitrogens with zero attached hydrogens (tertiary/aromatic N) is 1. The minimum Gasteiger partial charge on any atom is -0.393 e. The van der Waals surface area contributed by atoms with Gasteiger partial charge in [-0.2, -0.15) is 0 Å². The molecule has 1 atom stereocenters. The Morgan fingerprint density at radius 2 is 2.54 bits per heavy atom. The van der Waals surface area contributed by atoms with Gasteiger partial charge in [-0.1, -0.05) is 11.6 Å². The quantitative estimate of drug-likeness (QED) is 0.742. The summed E-state index contributed by atoms with van der Waals surface area (Å²) in [5, 5.41) is 13.1. The molecule has 1 aromatic rings. The van der Waals surface area contributed by atoms with Crippen LogP contribution in [0, 0.1) is 0 Å². The summed E-state index contributed by atoms with van der Waals surface area (Å²) in [4.78, 5) is 4.09. The van der Waals surface area contributed by atoms with Gasteiger partial charge >= 0.3 is 0 Å². The molecule has 2 N–H and O–H groups in total. The van der Waals surface area contributed by atoms with Crippen LogP contribution in [-0.2, 0) is 6.54 Å². The molecular formula is C8H13ClN2OS. The van der Waals surface area contributed by atoms with E-state index < -0.39 is 0 Å². The monoisotopic (exact) mass is 220 g/mol. The van der Waals surface area contributed by atoms with E-state index in [2.05, 4.69) is 10.3 Å². The number of aliphatic hydroxyl groups is 1. The molecule has 0 aliphatic heterocycles. The summed E-state index contributed by atoms with van der Waals surface area (Å²) >= 11 is 7.19. The molecule has 0 aliphatic rings. The van der Waals surface area contributed by atoms with Crippen LogP contribution in [0.2, 0.25) is 4.34 Å². The second-order valence-electron chi connectivity index (χ2n) is 2.87. The first-order valence-corrected chi connectivity index (χ1v) is 5.37. The van der Waals surface area contributed by atoms with Gasteiger partial charge in [0.05, 0.1) is 12.3 Å². The molecular weight excluding hydrogens is 208 g/mol. The fourth-order valence-electron chi connectivity index (χ4n) is 0.876. The lowest BCUT2D eigenvalue weighted by atomic mass is 10.3. The summed E-state index contributed by atoms with van der Waals surface area (Å²) in [5.41, 5.74) is 0. The zero-order valence-corrected chi connectivity index (χ0v) is 9.03. The Hall–Kier alpha value is -0.160. The number of hydrogen-bond donors (Lipinski definition) is 2. The molecule has 0 radical (unpaired) electrons. The van der Waals surface area contributed by atoms with Crippen molar-refractivity contribution in [3.8, 4) is 0 Å². The van der Waals surface area contributed by atoms with E-state index in [4.69, 9.17) is 16.7 Å². The van der Waals surface area contributed by atoms with Crippen molar-refractivity contribution in [2.24, 2.45) is 0 Å². The Bertz CT molecular complexity index is 252. The van der Waals surface area contributed by atoms with E-state index in [0.717, 1.165) is 24.5 Å². The van der Waals surface area contributed by atoms with Crippen LogP contribution in [0.1, 0.15) is 18.4 Å². The molecule has 0 aromatic carbocycles. The SMILES string of the molecule is CC(O)CCNCc1ncc(Cl)s1. The van der Waals surface area contributed by atoms with Gasteiger partial charge in [0.25, 0.3) is 0 Å². The second kappa shape index (κ2) is 5.54. The molecule has 5 heteroatoms. The molecule has 0 spiro atoms. The van der Waals surface area contributed by atoms with Gasteiger partial charge in [-0.3, -0.25) is 0 Å². The number of nitrogens with one attached hydrogen (secondary N) is 1. The molecule has 3 nitrogen and oxygen atoms in total. The Labute approximate surface area is 86.8 Å². The van der Waals surface area contributed by atoms with Crippen LogP contribution in [0.4, 0.5) is 0 Å². The van der Waals surface area contributed by atoms with E-state index in [-0.39, 0.29) is 6.10 Å². The van der Waals surface area contributed by atoms with Crippen molar-refractivity contribution in [1.29, 1.82) is 0 Å². The first kappa shape index (κ1) is 10.9. The van der Waals surface area contributed by atoms with Gasteiger partial charge in [0, 0.05) is 6.54 Å². The van der Waals surface area contributed by atoms with Crippen molar-refractivity contribution in [3.63, 3.8) is 0 Å². The molecule has 0 aliphatic carbocycles. The average Bonchev–Trinajstić information content (AvgIpc) is 2.45. The highest BCUT2D eigenvalue weighted by Gasteiger charge is 1.99. The van der Waals surface area contributed by atoms with Crippen molar-refractivity contribution >= 4 is 22.9 Å². The molecule has 0 saturated carbocycles. The lowest BCUT2D eigenvalue weighted by Gasteiger charge is -2.03. The summed E-state index contributed by atoms with van der Waals surface area (Å²) in [6.45, 7) is 3.31. The van der Waals surface area contributed by atoms with E-state index in [1.165, 1.54) is 11.3 Å². The van der Waals surface area contributed by atoms with Crippen LogP contribution in [0.5, 0.6) is 0 Å². The molecule has 0 amide bonds. The van der Waals surface area contributed by atoms with E-state index in [9.17, 15) is 0 Å². The predicted octanol–water partition coefficient (Wildman–Crippen LogP) is 1.66. The minimum atomic E-state index is -0.243. The number of thiazole rings is 1. The molecule has 1 unspecified atom stereocenters. The maximum atomic E-state index is 8.98. The van der Waals surface area contributed by atoms with Gasteiger partial charge in [-0.25, -0.2) is 4.98 Å². The Kier molecular flexibility index (Phi) is 4.66. The summed E-state index contributed by atoms with van der Waals surface area (Å²) in [6.07, 6.45) is 2.17. The lowest BCUT2D eigenvalue weighted by Crippen LogP contribution is -2.18. The average molecular weight is 221 g/mol. The molecule has 0 saturated heterocycles. The third-order valence-corrected chi connectivity index (χ3v) is 2.66. The third-order valence-electron chi connectivity index (χ3n) is 1.54. The molecule has 1 heterocycles. The normalized spacial score (nSPS) is 13.2. The van der Waals surface area contributed by atoms with Gasteiger partial charge in [-0.15, -0.1) is 11.3 Å². The van der Waals surface area contributed by atoms with Crippen molar-refractivity contribution in [2.45, 2.75) is 26.0 Å². The van der Waals surface area contributed by atoms with E-state index in [1.807, 2.05) is 0 Å². The largest absolute Gasteiger partial charge is 0.393 e. The Morgan fingerprint density at radius 3 is 3.08 bits per heavy atom. The molecule has 1 aromatic heterocycles. The first-order chi connectivity index (χ1) is 6.18. The predicted molar refractivity (Wildman–Crippen MR) is 55.1 cm³/mol. The van der Waals surface area contributed by atoms with Crippen molar-refractivity contribution in [3.05, 3.63) is 15.5 Å². The zero-order chi connectivity index (χ0) is 9.68. The first-order valence-electron chi connectivity index (χ1n) is 4.17. The van der Waals surface area contributed by atoms with Gasteiger partial charge < -0.3 is 10.4 Å². The van der Waals surface area contributed by atoms with E-state index in [1.54, 1.807) is 13.1 Å². The molecule has 0 bridgehead atoms. The van der Waals surface area contributed by atoms with Crippen molar-refractivity contribution in [2.75, 3.05) is 6.54 Å². The molecule has 74 valence electrons. The van der Waals surface area contributed by atoms with Crippen molar-refractivity contribution < 1.29 is 5.11 Å². The van der Waals surface area contributed by atoms with Crippen LogP contribution >= 0.6 is 22.9 Å². The summed E-state index contributed by atoms with van der Waals surface area (Å²) in [6, 6.07) is 0. The minimum absolute atomic E-state index is 0.243. The lowest BCUT2D eigenvalue weighted by molar-refractivity contribution is 0.183. The van der Waals surface area contributed by atoms with Crippen LogP contribution in [0.15, 0.2) is 6.20 Å². The Balaban J connectivity index is 2.13. The van der Waals surface area contributed by atoms with Crippen LogP contribution in [-0.4, -0.2) is 22.7 Å². The Morgan fingerprint density at radius 1 is 1.77 bits per heavy atom. The maximum absolute atomic E-state index is 8.98. The summed E-state index contributed by atoms with van der Waals surface area (Å²) in [7, 11) is 0. The van der Waals surface area contributed by atoms with Crippen molar-refractivity contribution in [1.82, 2.24) is 10.3 Å². The zero-order valence-electron chi connectivity index (χ0n) is 7.46. The number of rotatable bonds is 5. The topological polar surface area (TPSA) is 45.1 Å². The van der Waals surface area contributed by atoms with E-state index in [0.29, 0.717) is 4.34 Å². The summed E-state index contributed by atoms with van der Waals surface area (Å²) in [5.74, 6) is 0. The van der Waals surface area contributed by atoms with Gasteiger partial charge in [0.15, 0.2) is 0 Å². The highest BCUT2D eigenvalue weighted by Crippen LogP contribution is 2.17. The molecule has 1 rings (SSSR count). The highest BCUT2D eigenvalue weighted by atomic mass is 35.5. The third kappa shape index (κ3) is 4.57. The van der Waals surface area contributed by atoms with Gasteiger partial charge in [0.2, 0.25) is 0 Å². The number of hydrogen-bond acceptors (Lipinski definition) is 4. The smallest absolute Gasteiger partial charge is 0.113 e.